The Balaban J connectivity index is 2.35. The van der Waals surface area contributed by atoms with Gasteiger partial charge >= 0.3 is 0 Å². The van der Waals surface area contributed by atoms with Crippen LogP contribution in [0.25, 0.3) is 11.1 Å². The van der Waals surface area contributed by atoms with E-state index in [9.17, 15) is 9.50 Å². The minimum atomic E-state index is -0.427. The van der Waals surface area contributed by atoms with Gasteiger partial charge < -0.3 is 14.9 Å². The molecule has 0 amide bonds. The number of aliphatic hydroxyl groups is 1. The first kappa shape index (κ1) is 12.4. The van der Waals surface area contributed by atoms with Crippen LogP contribution in [-0.4, -0.2) is 23.4 Å². The molecule has 2 aromatic carbocycles. The molecule has 0 saturated heterocycles. The lowest BCUT2D eigenvalue weighted by Crippen LogP contribution is -2.01. The Hall–Kier alpha value is -2.07. The second-order valence-corrected chi connectivity index (χ2v) is 3.80. The SMILES string of the molecule is OCCOc1cc(F)cc(-c2cccc(O)c2)c1. The van der Waals surface area contributed by atoms with Gasteiger partial charge in [0.25, 0.3) is 0 Å². The molecule has 0 fully saturated rings. The number of ether oxygens (including phenoxy) is 1. The molecule has 0 aliphatic heterocycles. The monoisotopic (exact) mass is 248 g/mol. The molecule has 0 radical (unpaired) electrons. The molecule has 0 unspecified atom stereocenters. The molecule has 2 rings (SSSR count). The van der Waals surface area contributed by atoms with Gasteiger partial charge in [-0.25, -0.2) is 4.39 Å². The molecule has 0 atom stereocenters. The molecule has 0 heterocycles. The van der Waals surface area contributed by atoms with E-state index in [4.69, 9.17) is 9.84 Å². The van der Waals surface area contributed by atoms with Crippen LogP contribution in [0.3, 0.4) is 0 Å². The summed E-state index contributed by atoms with van der Waals surface area (Å²) in [5, 5.41) is 18.1. The fraction of sp³-hybridized carbons (Fsp3) is 0.143. The molecule has 3 nitrogen and oxygen atoms in total. The maximum absolute atomic E-state index is 13.4. The van der Waals surface area contributed by atoms with Gasteiger partial charge in [0.15, 0.2) is 0 Å². The third kappa shape index (κ3) is 2.99. The van der Waals surface area contributed by atoms with Crippen molar-refractivity contribution >= 4 is 0 Å². The summed E-state index contributed by atoms with van der Waals surface area (Å²) >= 11 is 0. The first-order valence-corrected chi connectivity index (χ1v) is 5.53. The van der Waals surface area contributed by atoms with Gasteiger partial charge in [-0.1, -0.05) is 12.1 Å². The lowest BCUT2D eigenvalue weighted by molar-refractivity contribution is 0.201. The zero-order chi connectivity index (χ0) is 13.0. The van der Waals surface area contributed by atoms with Gasteiger partial charge in [-0.3, -0.25) is 0 Å². The van der Waals surface area contributed by atoms with Crippen molar-refractivity contribution < 1.29 is 19.3 Å². The predicted octanol–water partition coefficient (Wildman–Crippen LogP) is 2.57. The van der Waals surface area contributed by atoms with E-state index in [0.29, 0.717) is 16.9 Å². The molecule has 4 heteroatoms. The second-order valence-electron chi connectivity index (χ2n) is 3.80. The van der Waals surface area contributed by atoms with E-state index in [2.05, 4.69) is 0 Å². The van der Waals surface area contributed by atoms with Crippen LogP contribution in [0.15, 0.2) is 42.5 Å². The van der Waals surface area contributed by atoms with Crippen molar-refractivity contribution in [3.05, 3.63) is 48.3 Å². The zero-order valence-electron chi connectivity index (χ0n) is 9.64. The van der Waals surface area contributed by atoms with Crippen LogP contribution in [0.1, 0.15) is 0 Å². The Morgan fingerprint density at radius 1 is 1.06 bits per heavy atom. The standard InChI is InChI=1S/C14H13FO3/c15-12-6-11(8-14(9-12)18-5-4-16)10-2-1-3-13(17)7-10/h1-3,6-9,16-17H,4-5H2. The van der Waals surface area contributed by atoms with Crippen molar-refractivity contribution in [2.24, 2.45) is 0 Å². The van der Waals surface area contributed by atoms with Gasteiger partial charge in [0.2, 0.25) is 0 Å². The van der Waals surface area contributed by atoms with E-state index >= 15 is 0 Å². The zero-order valence-corrected chi connectivity index (χ0v) is 9.64. The highest BCUT2D eigenvalue weighted by Crippen LogP contribution is 2.27. The van der Waals surface area contributed by atoms with Crippen LogP contribution in [0.5, 0.6) is 11.5 Å². The predicted molar refractivity (Wildman–Crippen MR) is 66.1 cm³/mol. The molecular formula is C14H13FO3. The summed E-state index contributed by atoms with van der Waals surface area (Å²) in [6.45, 7) is -0.0130. The summed E-state index contributed by atoms with van der Waals surface area (Å²) in [4.78, 5) is 0. The largest absolute Gasteiger partial charge is 0.508 e. The Morgan fingerprint density at radius 3 is 2.61 bits per heavy atom. The van der Waals surface area contributed by atoms with Crippen LogP contribution in [0, 0.1) is 5.82 Å². The van der Waals surface area contributed by atoms with Crippen molar-refractivity contribution in [3.63, 3.8) is 0 Å². The number of benzene rings is 2. The van der Waals surface area contributed by atoms with Gasteiger partial charge in [-0.15, -0.1) is 0 Å². The molecule has 18 heavy (non-hydrogen) atoms. The topological polar surface area (TPSA) is 49.7 Å². The van der Waals surface area contributed by atoms with Crippen molar-refractivity contribution in [1.29, 1.82) is 0 Å². The number of hydrogen-bond acceptors (Lipinski definition) is 3. The fourth-order valence-corrected chi connectivity index (χ4v) is 1.66. The summed E-state index contributed by atoms with van der Waals surface area (Å²) in [6, 6.07) is 10.8. The van der Waals surface area contributed by atoms with Crippen molar-refractivity contribution in [2.45, 2.75) is 0 Å². The molecule has 0 saturated carbocycles. The number of halogens is 1. The number of phenolic OH excluding ortho intramolecular Hbond substituents is 1. The molecule has 0 bridgehead atoms. The van der Waals surface area contributed by atoms with Gasteiger partial charge in [-0.2, -0.15) is 0 Å². The summed E-state index contributed by atoms with van der Waals surface area (Å²) in [5.74, 6) is 0.0424. The molecule has 2 aromatic rings. The summed E-state index contributed by atoms with van der Waals surface area (Å²) in [5.41, 5.74) is 1.31. The van der Waals surface area contributed by atoms with Crippen molar-refractivity contribution in [1.82, 2.24) is 0 Å². The molecule has 0 aliphatic rings. The number of hydrogen-bond donors (Lipinski definition) is 2. The van der Waals surface area contributed by atoms with E-state index in [1.54, 1.807) is 30.3 Å². The molecule has 0 spiro atoms. The smallest absolute Gasteiger partial charge is 0.127 e. The summed E-state index contributed by atoms with van der Waals surface area (Å²) in [6.07, 6.45) is 0. The van der Waals surface area contributed by atoms with E-state index in [0.717, 1.165) is 0 Å². The van der Waals surface area contributed by atoms with E-state index < -0.39 is 5.82 Å². The number of rotatable bonds is 4. The van der Waals surface area contributed by atoms with Gasteiger partial charge in [0, 0.05) is 6.07 Å². The first-order valence-electron chi connectivity index (χ1n) is 5.53. The van der Waals surface area contributed by atoms with E-state index in [-0.39, 0.29) is 19.0 Å². The second kappa shape index (κ2) is 5.51. The minimum absolute atomic E-state index is 0.114. The highest BCUT2D eigenvalue weighted by Gasteiger charge is 2.05. The Bertz CT molecular complexity index is 540. The Labute approximate surface area is 104 Å². The van der Waals surface area contributed by atoms with Crippen LogP contribution >= 0.6 is 0 Å². The number of aromatic hydroxyl groups is 1. The number of aliphatic hydroxyl groups excluding tert-OH is 1. The van der Waals surface area contributed by atoms with E-state index in [1.165, 1.54) is 12.1 Å². The van der Waals surface area contributed by atoms with Crippen LogP contribution in [-0.2, 0) is 0 Å². The maximum atomic E-state index is 13.4. The fourth-order valence-electron chi connectivity index (χ4n) is 1.66. The van der Waals surface area contributed by atoms with Crippen LogP contribution in [0.2, 0.25) is 0 Å². The van der Waals surface area contributed by atoms with Gasteiger partial charge in [0.05, 0.1) is 6.61 Å². The molecule has 0 aliphatic carbocycles. The van der Waals surface area contributed by atoms with Gasteiger partial charge in [-0.05, 0) is 35.4 Å². The van der Waals surface area contributed by atoms with Crippen LogP contribution in [0.4, 0.5) is 4.39 Å². The minimum Gasteiger partial charge on any atom is -0.508 e. The van der Waals surface area contributed by atoms with Gasteiger partial charge in [0.1, 0.15) is 23.9 Å². The quantitative estimate of drug-likeness (QED) is 0.874. The average molecular weight is 248 g/mol. The number of phenols is 1. The maximum Gasteiger partial charge on any atom is 0.127 e. The van der Waals surface area contributed by atoms with E-state index in [1.807, 2.05) is 0 Å². The van der Waals surface area contributed by atoms with Crippen LogP contribution < -0.4 is 4.74 Å². The summed E-state index contributed by atoms with van der Waals surface area (Å²) in [7, 11) is 0. The first-order chi connectivity index (χ1) is 8.69. The van der Waals surface area contributed by atoms with Crippen molar-refractivity contribution in [2.75, 3.05) is 13.2 Å². The molecule has 0 aromatic heterocycles. The highest BCUT2D eigenvalue weighted by molar-refractivity contribution is 5.66. The third-order valence-corrected chi connectivity index (χ3v) is 2.41. The highest BCUT2D eigenvalue weighted by atomic mass is 19.1. The normalized spacial score (nSPS) is 10.3. The molecular weight excluding hydrogens is 235 g/mol. The lowest BCUT2D eigenvalue weighted by atomic mass is 10.1. The van der Waals surface area contributed by atoms with Crippen molar-refractivity contribution in [3.8, 4) is 22.6 Å². The molecule has 2 N–H and O–H groups in total. The summed E-state index contributed by atoms with van der Waals surface area (Å²) < 4.78 is 18.6. The Morgan fingerprint density at radius 2 is 1.89 bits per heavy atom. The third-order valence-electron chi connectivity index (χ3n) is 2.41. The lowest BCUT2D eigenvalue weighted by Gasteiger charge is -2.08. The average Bonchev–Trinajstić information content (AvgIpc) is 2.36. The molecule has 94 valence electrons. The Kier molecular flexibility index (Phi) is 3.79.